The maximum absolute atomic E-state index is 12.3. The van der Waals surface area contributed by atoms with Gasteiger partial charge >= 0.3 is 0 Å². The number of carbonyl (C=O) groups is 1. The normalized spacial score (nSPS) is 13.2. The van der Waals surface area contributed by atoms with Crippen LogP contribution in [-0.4, -0.2) is 20.1 Å². The van der Waals surface area contributed by atoms with E-state index in [1.165, 1.54) is 0 Å². The minimum Gasteiger partial charge on any atom is -0.349 e. The Hall–Kier alpha value is -2.14. The third-order valence-corrected chi connectivity index (χ3v) is 5.71. The summed E-state index contributed by atoms with van der Waals surface area (Å²) in [6.45, 7) is 8.16. The van der Waals surface area contributed by atoms with Crippen molar-refractivity contribution >= 4 is 15.7 Å². The van der Waals surface area contributed by atoms with Crippen LogP contribution in [0.5, 0.6) is 0 Å². The number of hydrogen-bond acceptors (Lipinski definition) is 3. The molecule has 0 fully saturated rings. The van der Waals surface area contributed by atoms with E-state index in [4.69, 9.17) is 0 Å². The zero-order chi connectivity index (χ0) is 19.4. The minimum absolute atomic E-state index is 0.0187. The molecule has 0 radical (unpaired) electrons. The van der Waals surface area contributed by atoms with E-state index in [2.05, 4.69) is 26.1 Å². The van der Waals surface area contributed by atoms with Crippen LogP contribution in [0.15, 0.2) is 54.6 Å². The van der Waals surface area contributed by atoms with Gasteiger partial charge in [0.15, 0.2) is 9.84 Å². The summed E-state index contributed by atoms with van der Waals surface area (Å²) in [5.41, 5.74) is 2.80. The van der Waals surface area contributed by atoms with Gasteiger partial charge in [-0.1, -0.05) is 75.4 Å². The Bertz CT molecular complexity index is 835. The average molecular weight is 374 g/mol. The lowest BCUT2D eigenvalue weighted by atomic mass is 9.87. The van der Waals surface area contributed by atoms with Gasteiger partial charge in [-0.25, -0.2) is 8.42 Å². The van der Waals surface area contributed by atoms with Gasteiger partial charge in [0.25, 0.3) is 0 Å². The largest absolute Gasteiger partial charge is 0.349 e. The summed E-state index contributed by atoms with van der Waals surface area (Å²) in [5.74, 6) is -1.12. The summed E-state index contributed by atoms with van der Waals surface area (Å²) in [4.78, 5) is 12.1. The monoisotopic (exact) mass is 373 g/mol. The highest BCUT2D eigenvalue weighted by Crippen LogP contribution is 2.22. The third kappa shape index (κ3) is 5.99. The third-order valence-electron chi connectivity index (χ3n) is 4.23. The number of hydrogen-bond donors (Lipinski definition) is 1. The maximum Gasteiger partial charge on any atom is 0.235 e. The van der Waals surface area contributed by atoms with Crippen LogP contribution in [0.3, 0.4) is 0 Å². The average Bonchev–Trinajstić information content (AvgIpc) is 2.54. The van der Waals surface area contributed by atoms with Gasteiger partial charge in [-0.15, -0.1) is 0 Å². The maximum atomic E-state index is 12.3. The molecular weight excluding hydrogens is 346 g/mol. The van der Waals surface area contributed by atoms with Gasteiger partial charge in [-0.2, -0.15) is 0 Å². The molecule has 2 aromatic rings. The second kappa shape index (κ2) is 8.04. The van der Waals surface area contributed by atoms with E-state index in [1.54, 1.807) is 0 Å². The Morgan fingerprint density at radius 1 is 1.00 bits per heavy atom. The summed E-state index contributed by atoms with van der Waals surface area (Å²) in [6, 6.07) is 16.8. The van der Waals surface area contributed by atoms with Crippen molar-refractivity contribution in [1.29, 1.82) is 0 Å². The summed E-state index contributed by atoms with van der Waals surface area (Å²) < 4.78 is 24.7. The molecule has 2 rings (SSSR count). The van der Waals surface area contributed by atoms with E-state index >= 15 is 0 Å². The Morgan fingerprint density at radius 3 is 2.12 bits per heavy atom. The first-order valence-corrected chi connectivity index (χ1v) is 10.5. The van der Waals surface area contributed by atoms with Crippen LogP contribution in [0, 0.1) is 0 Å². The topological polar surface area (TPSA) is 63.2 Å². The molecule has 0 saturated carbocycles. The van der Waals surface area contributed by atoms with Crippen molar-refractivity contribution in [2.75, 3.05) is 5.75 Å². The van der Waals surface area contributed by atoms with Crippen LogP contribution < -0.4 is 5.32 Å². The van der Waals surface area contributed by atoms with E-state index < -0.39 is 21.5 Å². The standard InChI is InChI=1S/C21H27NO3S/c1-16(18-8-6-5-7-9-18)22-20(23)15-26(24,25)14-17-10-12-19(13-11-17)21(2,3)4/h5-13,16H,14-15H2,1-4H3,(H,22,23). The highest BCUT2D eigenvalue weighted by molar-refractivity contribution is 7.91. The highest BCUT2D eigenvalue weighted by Gasteiger charge is 2.20. The van der Waals surface area contributed by atoms with Gasteiger partial charge < -0.3 is 5.32 Å². The molecule has 0 spiro atoms. The Morgan fingerprint density at radius 2 is 1.58 bits per heavy atom. The molecule has 0 aliphatic rings. The Kier molecular flexibility index (Phi) is 6.24. The van der Waals surface area contributed by atoms with E-state index in [0.29, 0.717) is 5.56 Å². The fourth-order valence-electron chi connectivity index (χ4n) is 2.71. The second-order valence-electron chi connectivity index (χ2n) is 7.68. The summed E-state index contributed by atoms with van der Waals surface area (Å²) in [7, 11) is -3.52. The van der Waals surface area contributed by atoms with E-state index in [-0.39, 0.29) is 17.2 Å². The predicted molar refractivity (Wildman–Crippen MR) is 106 cm³/mol. The van der Waals surface area contributed by atoms with Crippen LogP contribution in [0.2, 0.25) is 0 Å². The van der Waals surface area contributed by atoms with Crippen molar-refractivity contribution in [2.24, 2.45) is 0 Å². The molecule has 0 heterocycles. The van der Waals surface area contributed by atoms with Gasteiger partial charge in [0, 0.05) is 0 Å². The quantitative estimate of drug-likeness (QED) is 0.838. The van der Waals surface area contributed by atoms with Crippen LogP contribution in [0.25, 0.3) is 0 Å². The highest BCUT2D eigenvalue weighted by atomic mass is 32.2. The second-order valence-corrected chi connectivity index (χ2v) is 9.74. The first kappa shape index (κ1) is 20.2. The predicted octanol–water partition coefficient (Wildman–Crippen LogP) is 3.78. The van der Waals surface area contributed by atoms with E-state index in [9.17, 15) is 13.2 Å². The number of nitrogens with one attached hydrogen (secondary N) is 1. The first-order chi connectivity index (χ1) is 12.1. The first-order valence-electron chi connectivity index (χ1n) is 8.71. The van der Waals surface area contributed by atoms with Crippen LogP contribution >= 0.6 is 0 Å². The van der Waals surface area contributed by atoms with Crippen LogP contribution in [0.4, 0.5) is 0 Å². The molecular formula is C21H27NO3S. The van der Waals surface area contributed by atoms with Crippen molar-refractivity contribution in [3.8, 4) is 0 Å². The summed E-state index contributed by atoms with van der Waals surface area (Å²) in [6.07, 6.45) is 0. The number of benzene rings is 2. The molecule has 0 bridgehead atoms. The van der Waals surface area contributed by atoms with Gasteiger partial charge in [-0.3, -0.25) is 4.79 Å². The van der Waals surface area contributed by atoms with E-state index in [0.717, 1.165) is 11.1 Å². The molecule has 5 heteroatoms. The lowest BCUT2D eigenvalue weighted by molar-refractivity contribution is -0.119. The summed E-state index contributed by atoms with van der Waals surface area (Å²) in [5, 5.41) is 2.75. The van der Waals surface area contributed by atoms with Gasteiger partial charge in [0.1, 0.15) is 5.75 Å². The fourth-order valence-corrected chi connectivity index (χ4v) is 4.00. The number of amides is 1. The molecule has 1 atom stereocenters. The van der Waals surface area contributed by atoms with Crippen molar-refractivity contribution in [3.63, 3.8) is 0 Å². The van der Waals surface area contributed by atoms with Gasteiger partial charge in [0.05, 0.1) is 11.8 Å². The number of rotatable bonds is 6. The molecule has 0 aliphatic heterocycles. The fraction of sp³-hybridized carbons (Fsp3) is 0.381. The van der Waals surface area contributed by atoms with Gasteiger partial charge in [-0.05, 0) is 29.0 Å². The molecule has 1 unspecified atom stereocenters. The zero-order valence-electron chi connectivity index (χ0n) is 15.8. The molecule has 140 valence electrons. The van der Waals surface area contributed by atoms with Crippen LogP contribution in [-0.2, 0) is 25.8 Å². The van der Waals surface area contributed by atoms with Crippen molar-refractivity contribution < 1.29 is 13.2 Å². The Labute approximate surface area is 156 Å². The number of sulfone groups is 1. The summed E-state index contributed by atoms with van der Waals surface area (Å²) >= 11 is 0. The van der Waals surface area contributed by atoms with E-state index in [1.807, 2.05) is 61.5 Å². The van der Waals surface area contributed by atoms with Crippen molar-refractivity contribution in [3.05, 3.63) is 71.3 Å². The SMILES string of the molecule is CC(NC(=O)CS(=O)(=O)Cc1ccc(C(C)(C)C)cc1)c1ccccc1. The lowest BCUT2D eigenvalue weighted by Gasteiger charge is -2.19. The Balaban J connectivity index is 1.96. The molecule has 4 nitrogen and oxygen atoms in total. The molecule has 0 aliphatic carbocycles. The smallest absolute Gasteiger partial charge is 0.235 e. The number of carbonyl (C=O) groups excluding carboxylic acids is 1. The minimum atomic E-state index is -3.52. The molecule has 2 aromatic carbocycles. The molecule has 1 amide bonds. The zero-order valence-corrected chi connectivity index (χ0v) is 16.6. The van der Waals surface area contributed by atoms with Crippen molar-refractivity contribution in [2.45, 2.75) is 44.9 Å². The van der Waals surface area contributed by atoms with Crippen molar-refractivity contribution in [1.82, 2.24) is 5.32 Å². The molecule has 0 aromatic heterocycles. The molecule has 26 heavy (non-hydrogen) atoms. The van der Waals surface area contributed by atoms with Crippen LogP contribution in [0.1, 0.15) is 50.4 Å². The molecule has 0 saturated heterocycles. The van der Waals surface area contributed by atoms with Gasteiger partial charge in [0.2, 0.25) is 5.91 Å². The lowest BCUT2D eigenvalue weighted by Crippen LogP contribution is -2.32. The molecule has 1 N–H and O–H groups in total.